The van der Waals surface area contributed by atoms with Crippen molar-refractivity contribution in [1.82, 2.24) is 15.0 Å². The Kier molecular flexibility index (Phi) is 4.49. The van der Waals surface area contributed by atoms with Gasteiger partial charge in [-0.3, -0.25) is 0 Å². The van der Waals surface area contributed by atoms with Gasteiger partial charge < -0.3 is 5.32 Å². The topological polar surface area (TPSA) is 71.1 Å². The Hall–Kier alpha value is -0.500. The van der Waals surface area contributed by atoms with Crippen molar-refractivity contribution in [2.45, 2.75) is 31.8 Å². The molecule has 1 aliphatic heterocycles. The SMILES string of the molecule is O=S(=O)(CC1CCCCN1)NCc1cscn1. The number of sulfonamides is 1. The largest absolute Gasteiger partial charge is 0.313 e. The molecule has 2 heterocycles. The Labute approximate surface area is 106 Å². The molecule has 1 atom stereocenters. The van der Waals surface area contributed by atoms with E-state index in [1.165, 1.54) is 11.3 Å². The van der Waals surface area contributed by atoms with Crippen molar-refractivity contribution in [2.24, 2.45) is 0 Å². The lowest BCUT2D eigenvalue weighted by Gasteiger charge is -2.23. The molecule has 1 saturated heterocycles. The third-order valence-electron chi connectivity index (χ3n) is 2.79. The minimum atomic E-state index is -3.21. The number of hydrogen-bond donors (Lipinski definition) is 2. The highest BCUT2D eigenvalue weighted by Crippen LogP contribution is 2.09. The summed E-state index contributed by atoms with van der Waals surface area (Å²) in [4.78, 5) is 4.04. The molecule has 0 radical (unpaired) electrons. The highest BCUT2D eigenvalue weighted by molar-refractivity contribution is 7.89. The highest BCUT2D eigenvalue weighted by Gasteiger charge is 2.20. The van der Waals surface area contributed by atoms with Gasteiger partial charge in [-0.2, -0.15) is 0 Å². The van der Waals surface area contributed by atoms with Gasteiger partial charge in [0.1, 0.15) is 0 Å². The van der Waals surface area contributed by atoms with Crippen molar-refractivity contribution in [3.05, 3.63) is 16.6 Å². The summed E-state index contributed by atoms with van der Waals surface area (Å²) in [5, 5.41) is 5.08. The van der Waals surface area contributed by atoms with E-state index in [2.05, 4.69) is 15.0 Å². The first kappa shape index (κ1) is 12.9. The van der Waals surface area contributed by atoms with E-state index >= 15 is 0 Å². The van der Waals surface area contributed by atoms with Crippen LogP contribution in [0.2, 0.25) is 0 Å². The molecule has 5 nitrogen and oxygen atoms in total. The van der Waals surface area contributed by atoms with Crippen LogP contribution >= 0.6 is 11.3 Å². The normalized spacial score (nSPS) is 21.5. The number of piperidine rings is 1. The number of nitrogens with one attached hydrogen (secondary N) is 2. The van der Waals surface area contributed by atoms with E-state index in [1.54, 1.807) is 5.51 Å². The Morgan fingerprint density at radius 2 is 2.41 bits per heavy atom. The second-order valence-corrected chi connectivity index (χ2v) is 6.80. The number of hydrogen-bond acceptors (Lipinski definition) is 5. The molecule has 0 amide bonds. The first-order chi connectivity index (χ1) is 8.16. The summed E-state index contributed by atoms with van der Waals surface area (Å²) in [5.41, 5.74) is 2.47. The van der Waals surface area contributed by atoms with Crippen molar-refractivity contribution < 1.29 is 8.42 Å². The second kappa shape index (κ2) is 5.90. The van der Waals surface area contributed by atoms with Crippen LogP contribution in [-0.2, 0) is 16.6 Å². The summed E-state index contributed by atoms with van der Waals surface area (Å²) in [6, 6.07) is 0.0942. The van der Waals surface area contributed by atoms with E-state index in [-0.39, 0.29) is 11.8 Å². The first-order valence-corrected chi connectivity index (χ1v) is 8.33. The fraction of sp³-hybridized carbons (Fsp3) is 0.700. The summed E-state index contributed by atoms with van der Waals surface area (Å²) in [7, 11) is -3.21. The Morgan fingerprint density at radius 1 is 1.53 bits per heavy atom. The molecule has 17 heavy (non-hydrogen) atoms. The van der Waals surface area contributed by atoms with Crippen molar-refractivity contribution in [2.75, 3.05) is 12.3 Å². The molecule has 1 aromatic rings. The van der Waals surface area contributed by atoms with Crippen LogP contribution in [0.5, 0.6) is 0 Å². The summed E-state index contributed by atoms with van der Waals surface area (Å²) in [6.45, 7) is 1.21. The summed E-state index contributed by atoms with van der Waals surface area (Å²) in [5.74, 6) is 0.164. The molecule has 1 unspecified atom stereocenters. The molecular formula is C10H17N3O2S2. The Balaban J connectivity index is 1.81. The molecule has 2 N–H and O–H groups in total. The van der Waals surface area contributed by atoms with E-state index in [9.17, 15) is 8.42 Å². The van der Waals surface area contributed by atoms with E-state index < -0.39 is 10.0 Å². The van der Waals surface area contributed by atoms with Crippen LogP contribution in [0.15, 0.2) is 10.9 Å². The van der Waals surface area contributed by atoms with Gasteiger partial charge >= 0.3 is 0 Å². The molecule has 0 aromatic carbocycles. The van der Waals surface area contributed by atoms with Crippen LogP contribution < -0.4 is 10.0 Å². The number of thiazole rings is 1. The molecule has 2 rings (SSSR count). The summed E-state index contributed by atoms with van der Waals surface area (Å²) >= 11 is 1.47. The van der Waals surface area contributed by atoms with Crippen LogP contribution in [0.1, 0.15) is 25.0 Å². The van der Waals surface area contributed by atoms with Crippen LogP contribution in [0.4, 0.5) is 0 Å². The zero-order valence-corrected chi connectivity index (χ0v) is 11.2. The van der Waals surface area contributed by atoms with Gasteiger partial charge in [-0.25, -0.2) is 18.1 Å². The monoisotopic (exact) mass is 275 g/mol. The van der Waals surface area contributed by atoms with E-state index in [0.717, 1.165) is 31.5 Å². The van der Waals surface area contributed by atoms with Crippen molar-refractivity contribution >= 4 is 21.4 Å². The lowest BCUT2D eigenvalue weighted by atomic mass is 10.1. The van der Waals surface area contributed by atoms with Gasteiger partial charge in [0.05, 0.1) is 23.5 Å². The first-order valence-electron chi connectivity index (χ1n) is 5.73. The molecule has 1 aromatic heterocycles. The standard InChI is InChI=1S/C10H17N3O2S2/c14-17(15,7-9-3-1-2-4-11-9)13-5-10-6-16-8-12-10/h6,8-9,11,13H,1-5,7H2. The maximum atomic E-state index is 11.8. The fourth-order valence-corrected chi connectivity index (χ4v) is 3.76. The second-order valence-electron chi connectivity index (χ2n) is 4.23. The van der Waals surface area contributed by atoms with Crippen molar-refractivity contribution in [3.63, 3.8) is 0 Å². The third kappa shape index (κ3) is 4.34. The van der Waals surface area contributed by atoms with Gasteiger partial charge in [-0.15, -0.1) is 11.3 Å². The van der Waals surface area contributed by atoms with Crippen LogP contribution in [-0.4, -0.2) is 31.7 Å². The predicted octanol–water partition coefficient (Wildman–Crippen LogP) is 0.705. The highest BCUT2D eigenvalue weighted by atomic mass is 32.2. The molecule has 1 fully saturated rings. The van der Waals surface area contributed by atoms with Crippen LogP contribution in [0, 0.1) is 0 Å². The van der Waals surface area contributed by atoms with Crippen LogP contribution in [0.25, 0.3) is 0 Å². The van der Waals surface area contributed by atoms with Crippen LogP contribution in [0.3, 0.4) is 0 Å². The van der Waals surface area contributed by atoms with Gasteiger partial charge in [0.25, 0.3) is 0 Å². The minimum absolute atomic E-state index is 0.0942. The number of nitrogens with zero attached hydrogens (tertiary/aromatic N) is 1. The maximum absolute atomic E-state index is 11.8. The molecule has 0 spiro atoms. The zero-order chi connectivity index (χ0) is 12.1. The number of aromatic nitrogens is 1. The summed E-state index contributed by atoms with van der Waals surface area (Å²) in [6.07, 6.45) is 3.19. The van der Waals surface area contributed by atoms with Crippen molar-refractivity contribution in [3.8, 4) is 0 Å². The lowest BCUT2D eigenvalue weighted by Crippen LogP contribution is -2.42. The van der Waals surface area contributed by atoms with Gasteiger partial charge in [0.15, 0.2) is 0 Å². The lowest BCUT2D eigenvalue weighted by molar-refractivity contribution is 0.422. The predicted molar refractivity (Wildman–Crippen MR) is 68.4 cm³/mol. The molecule has 0 aliphatic carbocycles. The smallest absolute Gasteiger partial charge is 0.213 e. The molecule has 0 bridgehead atoms. The Bertz CT molecular complexity index is 424. The van der Waals surface area contributed by atoms with Gasteiger partial charge in [-0.1, -0.05) is 6.42 Å². The minimum Gasteiger partial charge on any atom is -0.313 e. The van der Waals surface area contributed by atoms with E-state index in [0.29, 0.717) is 6.54 Å². The van der Waals surface area contributed by atoms with E-state index in [4.69, 9.17) is 0 Å². The molecule has 96 valence electrons. The average molecular weight is 275 g/mol. The fourth-order valence-electron chi connectivity index (χ4n) is 1.90. The zero-order valence-electron chi connectivity index (χ0n) is 9.55. The molecule has 1 aliphatic rings. The average Bonchev–Trinajstić information content (AvgIpc) is 2.80. The maximum Gasteiger partial charge on any atom is 0.213 e. The van der Waals surface area contributed by atoms with Gasteiger partial charge in [0, 0.05) is 11.4 Å². The van der Waals surface area contributed by atoms with Gasteiger partial charge in [0.2, 0.25) is 10.0 Å². The number of rotatable bonds is 5. The molecular weight excluding hydrogens is 258 g/mol. The quantitative estimate of drug-likeness (QED) is 0.830. The third-order valence-corrected chi connectivity index (χ3v) is 4.85. The van der Waals surface area contributed by atoms with E-state index in [1.807, 2.05) is 5.38 Å². The Morgan fingerprint density at radius 3 is 3.06 bits per heavy atom. The molecule has 0 saturated carbocycles. The summed E-state index contributed by atoms with van der Waals surface area (Å²) < 4.78 is 26.2. The van der Waals surface area contributed by atoms with Crippen molar-refractivity contribution in [1.29, 1.82) is 0 Å². The van der Waals surface area contributed by atoms with Gasteiger partial charge in [-0.05, 0) is 19.4 Å². The molecule has 7 heteroatoms.